The number of hydrogen-bond acceptors (Lipinski definition) is 11. The molecule has 33 heavy (non-hydrogen) atoms. The van der Waals surface area contributed by atoms with Crippen molar-refractivity contribution in [3.05, 3.63) is 52.7 Å². The lowest BCUT2D eigenvalue weighted by Gasteiger charge is -2.29. The van der Waals surface area contributed by atoms with Gasteiger partial charge in [-0.2, -0.15) is 4.98 Å². The van der Waals surface area contributed by atoms with E-state index in [1.165, 1.54) is 16.8 Å². The zero-order chi connectivity index (χ0) is 23.2. The van der Waals surface area contributed by atoms with Gasteiger partial charge in [0.15, 0.2) is 11.9 Å². The van der Waals surface area contributed by atoms with E-state index < -0.39 is 44.0 Å². The third kappa shape index (κ3) is 4.20. The predicted octanol–water partition coefficient (Wildman–Crippen LogP) is 0.624. The number of phosphoric acid groups is 1. The van der Waals surface area contributed by atoms with Gasteiger partial charge in [0, 0.05) is 25.0 Å². The molecule has 176 valence electrons. The SMILES string of the molecule is Nc1nc2c(ccn2[C@@H]2O[C@H](COP3(=O)OCC[C@H](c4cccnc4)O3)[C@@H](O)[C@H]2O)c(=O)[nH]1. The lowest BCUT2D eigenvalue weighted by Crippen LogP contribution is -2.34. The van der Waals surface area contributed by atoms with Gasteiger partial charge in [-0.1, -0.05) is 6.07 Å². The lowest BCUT2D eigenvalue weighted by molar-refractivity contribution is -0.0576. The molecule has 0 aliphatic carbocycles. The van der Waals surface area contributed by atoms with E-state index in [1.54, 1.807) is 24.5 Å². The second-order valence-electron chi connectivity index (χ2n) is 7.70. The molecule has 5 rings (SSSR count). The van der Waals surface area contributed by atoms with Gasteiger partial charge in [0.25, 0.3) is 5.56 Å². The number of nitrogen functional groups attached to an aromatic ring is 1. The number of fused-ring (bicyclic) bond motifs is 1. The second kappa shape index (κ2) is 8.61. The Morgan fingerprint density at radius 1 is 1.33 bits per heavy atom. The van der Waals surface area contributed by atoms with Crippen LogP contribution in [0.25, 0.3) is 11.0 Å². The van der Waals surface area contributed by atoms with E-state index in [4.69, 9.17) is 24.0 Å². The van der Waals surface area contributed by atoms with Crippen LogP contribution in [0, 0.1) is 0 Å². The van der Waals surface area contributed by atoms with Crippen LogP contribution < -0.4 is 11.3 Å². The van der Waals surface area contributed by atoms with Gasteiger partial charge in [-0.25, -0.2) is 4.57 Å². The number of aliphatic hydroxyl groups is 2. The number of H-pyrrole nitrogens is 1. The van der Waals surface area contributed by atoms with Gasteiger partial charge in [-0.05, 0) is 17.7 Å². The fourth-order valence-corrected chi connectivity index (χ4v) is 5.29. The maximum absolute atomic E-state index is 13.0. The first-order valence-electron chi connectivity index (χ1n) is 10.2. The fraction of sp³-hybridized carbons (Fsp3) is 0.421. The van der Waals surface area contributed by atoms with Crippen molar-refractivity contribution in [2.24, 2.45) is 0 Å². The van der Waals surface area contributed by atoms with Crippen LogP contribution in [0.4, 0.5) is 5.95 Å². The van der Waals surface area contributed by atoms with Crippen molar-refractivity contribution in [2.75, 3.05) is 18.9 Å². The molecule has 1 unspecified atom stereocenters. The Hall–Kier alpha value is -2.64. The molecule has 2 fully saturated rings. The number of nitrogens with one attached hydrogen (secondary N) is 1. The Balaban J connectivity index is 1.29. The summed E-state index contributed by atoms with van der Waals surface area (Å²) in [5, 5.41) is 21.3. The molecule has 0 aromatic carbocycles. The maximum Gasteiger partial charge on any atom is 0.475 e. The lowest BCUT2D eigenvalue weighted by atomic mass is 10.1. The molecule has 14 heteroatoms. The van der Waals surface area contributed by atoms with E-state index in [0.717, 1.165) is 5.56 Å². The maximum atomic E-state index is 13.0. The number of anilines is 1. The number of aromatic amines is 1. The van der Waals surface area contributed by atoms with Crippen LogP contribution in [0.5, 0.6) is 0 Å². The highest BCUT2D eigenvalue weighted by atomic mass is 31.2. The van der Waals surface area contributed by atoms with Gasteiger partial charge in [0.2, 0.25) is 5.95 Å². The van der Waals surface area contributed by atoms with E-state index in [-0.39, 0.29) is 30.2 Å². The first kappa shape index (κ1) is 22.2. The third-order valence-corrected chi connectivity index (χ3v) is 7.03. The van der Waals surface area contributed by atoms with Crippen molar-refractivity contribution in [1.82, 2.24) is 19.5 Å². The summed E-state index contributed by atoms with van der Waals surface area (Å²) in [5.74, 6) is -0.103. The first-order valence-corrected chi connectivity index (χ1v) is 11.7. The molecule has 2 aliphatic rings. The molecule has 0 amide bonds. The van der Waals surface area contributed by atoms with Crippen molar-refractivity contribution < 1.29 is 33.1 Å². The minimum atomic E-state index is -3.95. The van der Waals surface area contributed by atoms with Gasteiger partial charge >= 0.3 is 7.82 Å². The molecular weight excluding hydrogens is 457 g/mol. The minimum absolute atomic E-state index is 0.103. The van der Waals surface area contributed by atoms with Gasteiger partial charge < -0.3 is 25.3 Å². The molecule has 13 nitrogen and oxygen atoms in total. The smallest absolute Gasteiger partial charge is 0.387 e. The summed E-state index contributed by atoms with van der Waals surface area (Å²) >= 11 is 0. The van der Waals surface area contributed by atoms with Crippen LogP contribution in [0.2, 0.25) is 0 Å². The Bertz CT molecular complexity index is 1250. The van der Waals surface area contributed by atoms with Gasteiger partial charge in [0.05, 0.1) is 24.7 Å². The Labute approximate surface area is 186 Å². The summed E-state index contributed by atoms with van der Waals surface area (Å²) in [5.41, 5.74) is 6.09. The number of pyridine rings is 1. The van der Waals surface area contributed by atoms with E-state index in [0.29, 0.717) is 6.42 Å². The fourth-order valence-electron chi connectivity index (χ4n) is 3.90. The normalized spacial score (nSPS) is 32.4. The summed E-state index contributed by atoms with van der Waals surface area (Å²) in [4.78, 5) is 22.6. The molecule has 6 atom stereocenters. The number of hydrogen-bond donors (Lipinski definition) is 4. The highest BCUT2D eigenvalue weighted by molar-refractivity contribution is 7.48. The first-order chi connectivity index (χ1) is 15.8. The Morgan fingerprint density at radius 3 is 2.97 bits per heavy atom. The van der Waals surface area contributed by atoms with Crippen LogP contribution in [0.15, 0.2) is 41.6 Å². The summed E-state index contributed by atoms with van der Waals surface area (Å²) in [6.07, 6.45) is -0.234. The zero-order valence-electron chi connectivity index (χ0n) is 17.2. The summed E-state index contributed by atoms with van der Waals surface area (Å²) in [7, 11) is -3.95. The molecule has 0 bridgehead atoms. The number of aliphatic hydroxyl groups excluding tert-OH is 2. The quantitative estimate of drug-likeness (QED) is 0.376. The van der Waals surface area contributed by atoms with Gasteiger partial charge in [-0.3, -0.25) is 28.3 Å². The van der Waals surface area contributed by atoms with Crippen molar-refractivity contribution >= 4 is 24.8 Å². The topological polar surface area (TPSA) is 184 Å². The van der Waals surface area contributed by atoms with E-state index in [9.17, 15) is 19.6 Å². The zero-order valence-corrected chi connectivity index (χ0v) is 18.1. The standard InChI is InChI=1S/C19H22N5O8P/c20-19-22-16-11(17(27)23-19)3-6-24(16)18-15(26)14(25)13(31-18)9-30-33(28)29-7-4-12(32-33)10-2-1-5-21-8-10/h1-3,5-6,8,12-15,18,25-26H,4,7,9H2,(H3,20,22,23,27)/t12-,13-,14-,15-,18-,33?/m1/s1. The number of ether oxygens (including phenoxy) is 1. The molecule has 0 spiro atoms. The summed E-state index contributed by atoms with van der Waals surface area (Å²) in [6, 6.07) is 5.03. The van der Waals surface area contributed by atoms with Crippen LogP contribution >= 0.6 is 7.82 Å². The van der Waals surface area contributed by atoms with E-state index >= 15 is 0 Å². The number of nitrogens with two attached hydrogens (primary N) is 1. The molecule has 0 radical (unpaired) electrons. The molecule has 2 saturated heterocycles. The highest BCUT2D eigenvalue weighted by Crippen LogP contribution is 2.57. The molecule has 3 aromatic heterocycles. The van der Waals surface area contributed by atoms with Crippen LogP contribution in [-0.2, 0) is 22.9 Å². The molecule has 0 saturated carbocycles. The summed E-state index contributed by atoms with van der Waals surface area (Å²) in [6.45, 7) is -0.228. The van der Waals surface area contributed by atoms with Crippen molar-refractivity contribution in [3.8, 4) is 0 Å². The highest BCUT2D eigenvalue weighted by Gasteiger charge is 2.46. The van der Waals surface area contributed by atoms with Crippen molar-refractivity contribution in [3.63, 3.8) is 0 Å². The van der Waals surface area contributed by atoms with Crippen molar-refractivity contribution in [2.45, 2.75) is 37.1 Å². The van der Waals surface area contributed by atoms with Crippen LogP contribution in [0.1, 0.15) is 24.3 Å². The predicted molar refractivity (Wildman–Crippen MR) is 113 cm³/mol. The molecule has 5 heterocycles. The monoisotopic (exact) mass is 479 g/mol. The van der Waals surface area contributed by atoms with Gasteiger partial charge in [0.1, 0.15) is 18.3 Å². The number of nitrogens with zero attached hydrogens (tertiary/aromatic N) is 3. The Kier molecular flexibility index (Phi) is 5.79. The summed E-state index contributed by atoms with van der Waals surface area (Å²) < 4.78 is 36.4. The number of rotatable bonds is 5. The third-order valence-electron chi connectivity index (χ3n) is 5.55. The minimum Gasteiger partial charge on any atom is -0.387 e. The van der Waals surface area contributed by atoms with E-state index in [1.807, 2.05) is 0 Å². The molecule has 2 aliphatic heterocycles. The van der Waals surface area contributed by atoms with Crippen LogP contribution in [-0.4, -0.2) is 61.3 Å². The largest absolute Gasteiger partial charge is 0.475 e. The average Bonchev–Trinajstić information content (AvgIpc) is 3.34. The van der Waals surface area contributed by atoms with Crippen LogP contribution in [0.3, 0.4) is 0 Å². The number of phosphoric ester groups is 1. The number of aromatic nitrogens is 4. The Morgan fingerprint density at radius 2 is 2.18 bits per heavy atom. The molecular formula is C19H22N5O8P. The van der Waals surface area contributed by atoms with E-state index in [2.05, 4.69) is 15.0 Å². The molecule has 5 N–H and O–H groups in total. The van der Waals surface area contributed by atoms with Gasteiger partial charge in [-0.15, -0.1) is 0 Å². The molecule has 3 aromatic rings. The van der Waals surface area contributed by atoms with Crippen molar-refractivity contribution in [1.29, 1.82) is 0 Å². The second-order valence-corrected chi connectivity index (χ2v) is 9.32. The average molecular weight is 479 g/mol.